The fraction of sp³-hybridized carbons (Fsp3) is 0.0862. The molecule has 1 unspecified atom stereocenters. The van der Waals surface area contributed by atoms with Crippen LogP contribution in [-0.4, -0.2) is 123 Å². The van der Waals surface area contributed by atoms with Gasteiger partial charge in [-0.1, -0.05) is 6.07 Å². The highest BCUT2D eigenvalue weighted by atomic mass is 32.2. The zero-order chi connectivity index (χ0) is 68.3. The molecule has 0 aliphatic rings. The molecule has 12 N–H and O–H groups in total. The number of nitrogens with zero attached hydrogens (tertiary/aromatic N) is 10. The number of rotatable bonds is 23. The van der Waals surface area contributed by atoms with Crippen LogP contribution < -0.4 is 19.5 Å². The van der Waals surface area contributed by atoms with Crippen molar-refractivity contribution in [3.05, 3.63) is 139 Å². The largest absolute Gasteiger partial charge is 0.755 e. The fourth-order valence-corrected chi connectivity index (χ4v) is 11.5. The molecule has 488 valence electrons. The number of carbonyl (C=O) groups is 1. The van der Waals surface area contributed by atoms with Gasteiger partial charge in [-0.05, 0) is 125 Å². The number of aliphatic hydroxyl groups is 2. The Balaban J connectivity index is 0.929. The molecule has 0 aromatic heterocycles. The third-order valence-corrected chi connectivity index (χ3v) is 16.6. The number of hydrogen-bond donors (Lipinski definition) is 12. The van der Waals surface area contributed by atoms with E-state index in [0.717, 1.165) is 42.5 Å². The van der Waals surface area contributed by atoms with Crippen molar-refractivity contribution in [3.8, 4) is 34.5 Å². The summed E-state index contributed by atoms with van der Waals surface area (Å²) in [7, 11) is -13.6. The average Bonchev–Trinajstić information content (AvgIpc) is 0.783. The first kappa shape index (κ1) is 66.8. The summed E-state index contributed by atoms with van der Waals surface area (Å²) in [6, 6.07) is 27.8. The van der Waals surface area contributed by atoms with E-state index in [1.54, 1.807) is 37.4 Å². The maximum atomic E-state index is 13.0. The quantitative estimate of drug-likeness (QED) is 0.0161. The predicted octanol–water partition coefficient (Wildman–Crippen LogP) is 12.6. The van der Waals surface area contributed by atoms with Crippen LogP contribution in [0, 0.1) is 0 Å². The van der Waals surface area contributed by atoms with Crippen molar-refractivity contribution in [3.63, 3.8) is 0 Å². The van der Waals surface area contributed by atoms with E-state index in [4.69, 9.17) is 9.47 Å². The molecule has 1 atom stereocenters. The topological polar surface area (TPSA) is 528 Å². The van der Waals surface area contributed by atoms with E-state index in [-0.39, 0.29) is 101 Å². The highest BCUT2D eigenvalue weighted by Crippen LogP contribution is 2.48. The number of phenols is 4. The van der Waals surface area contributed by atoms with Gasteiger partial charge in [0.25, 0.3) is 30.4 Å². The first-order chi connectivity index (χ1) is 45.1. The van der Waals surface area contributed by atoms with Crippen molar-refractivity contribution >= 4 is 159 Å². The predicted molar refractivity (Wildman–Crippen MR) is 340 cm³/mol. The van der Waals surface area contributed by atoms with Crippen LogP contribution in [0.1, 0.15) is 10.4 Å². The van der Waals surface area contributed by atoms with Gasteiger partial charge in [-0.15, -0.1) is 40.9 Å². The van der Waals surface area contributed by atoms with Crippen molar-refractivity contribution in [2.24, 2.45) is 51.1 Å². The summed E-state index contributed by atoms with van der Waals surface area (Å²) in [5.74, 6) is -4.19. The Kier molecular flexibility index (Phi) is 19.1. The zero-order valence-corrected chi connectivity index (χ0v) is 51.4. The molecule has 0 radical (unpaired) electrons. The molecule has 95 heavy (non-hydrogen) atoms. The molecule has 33 nitrogen and oxygen atoms in total. The van der Waals surface area contributed by atoms with Crippen LogP contribution in [0.2, 0.25) is 0 Å². The van der Waals surface area contributed by atoms with Crippen LogP contribution >= 0.6 is 0 Å². The number of hydrogen-bond acceptors (Lipinski definition) is 28. The van der Waals surface area contributed by atoms with E-state index in [1.165, 1.54) is 54.6 Å². The maximum Gasteiger partial charge on any atom is 0.338 e. The number of ether oxygens (including phenoxy) is 2. The molecule has 0 aliphatic carbocycles. The number of aromatic hydroxyl groups is 4. The van der Waals surface area contributed by atoms with Crippen molar-refractivity contribution in [1.82, 2.24) is 0 Å². The molecule has 0 spiro atoms. The van der Waals surface area contributed by atoms with Crippen LogP contribution in [0.25, 0.3) is 43.1 Å². The summed E-state index contributed by atoms with van der Waals surface area (Å²) in [4.78, 5) is 9.24. The van der Waals surface area contributed by atoms with E-state index < -0.39 is 112 Å². The van der Waals surface area contributed by atoms with Gasteiger partial charge in [-0.3, -0.25) is 17.9 Å². The van der Waals surface area contributed by atoms with Gasteiger partial charge in [0.15, 0.2) is 17.2 Å². The number of aromatic carboxylic acids is 1. The number of azo groups is 5. The lowest BCUT2D eigenvalue weighted by atomic mass is 10.1. The molecule has 0 fully saturated rings. The average molecular weight is 1370 g/mol. The minimum Gasteiger partial charge on any atom is -0.755 e. The standard InChI is InChI=1S/C58H46N12O21S4/c1-59-42-12-9-39-38(8-13-44(56(39)75)63-60-31-3-6-36-28(18-31)2-10-43(55(36)74)64-62-41-11-5-33(70-92(79)80)23-40(41)58(77)78)53(42)68-61-32-4-7-37-29(19-32)22-51(95(87,88)89)54(57(37)76)69-66-46-27-49(90-16-14-71)45(26-50(46)91-17-15-72)65-67-47-24-34(93(81,82)83)20-30-21-35(94(84,85)86)25-48(73)52(30)47/h2-13,18-27,59,70-76H,14-17H2,1H3,(H,77,78)(H,79,80)(H,81,82,83)(H,84,85,86)(H,87,88,89)/p-1. The van der Waals surface area contributed by atoms with Crippen molar-refractivity contribution in [1.29, 1.82) is 0 Å². The molecule has 10 aromatic carbocycles. The zero-order valence-electron chi connectivity index (χ0n) is 48.1. The second-order valence-electron chi connectivity index (χ2n) is 19.8. The second-order valence-corrected chi connectivity index (χ2v) is 24.7. The number of benzene rings is 10. The normalized spacial score (nSPS) is 12.8. The van der Waals surface area contributed by atoms with E-state index in [9.17, 15) is 88.2 Å². The fourth-order valence-electron chi connectivity index (χ4n) is 9.40. The minimum absolute atomic E-state index is 0.00151. The Morgan fingerprint density at radius 1 is 0.495 bits per heavy atom. The summed E-state index contributed by atoms with van der Waals surface area (Å²) in [5, 5.41) is 119. The molecule has 0 amide bonds. The van der Waals surface area contributed by atoms with Crippen molar-refractivity contribution in [2.45, 2.75) is 14.7 Å². The van der Waals surface area contributed by atoms with Crippen LogP contribution in [0.4, 0.5) is 68.2 Å². The molecule has 0 aliphatic heterocycles. The third-order valence-electron chi connectivity index (χ3n) is 13.7. The van der Waals surface area contributed by atoms with Crippen LogP contribution in [0.5, 0.6) is 34.5 Å². The summed E-state index contributed by atoms with van der Waals surface area (Å²) >= 11 is -2.70. The summed E-state index contributed by atoms with van der Waals surface area (Å²) in [5.41, 5.74) is -1.25. The number of phenolic OH excluding ortho intramolecular Hbond substituents is 4. The van der Waals surface area contributed by atoms with Gasteiger partial charge in [0.05, 0.1) is 56.7 Å². The van der Waals surface area contributed by atoms with Crippen LogP contribution in [0.15, 0.2) is 199 Å². The summed E-state index contributed by atoms with van der Waals surface area (Å²) in [6.07, 6.45) is 0. The second kappa shape index (κ2) is 27.2. The Labute approximate surface area is 536 Å². The van der Waals surface area contributed by atoms with Crippen molar-refractivity contribution < 1.29 is 97.7 Å². The minimum atomic E-state index is -5.25. The maximum absolute atomic E-state index is 13.0. The molecule has 37 heteroatoms. The van der Waals surface area contributed by atoms with E-state index in [2.05, 4.69) is 61.2 Å². The monoisotopic (exact) mass is 1370 g/mol. The van der Waals surface area contributed by atoms with E-state index >= 15 is 0 Å². The highest BCUT2D eigenvalue weighted by Gasteiger charge is 2.25. The number of carboxylic acids is 1. The molecule has 0 heterocycles. The van der Waals surface area contributed by atoms with Gasteiger partial charge in [0, 0.05) is 63.7 Å². The number of nitrogens with one attached hydrogen (secondary N) is 2. The van der Waals surface area contributed by atoms with E-state index in [0.29, 0.717) is 33.6 Å². The molecule has 0 saturated heterocycles. The van der Waals surface area contributed by atoms with Gasteiger partial charge in [0.2, 0.25) is 0 Å². The SMILES string of the molecule is CNc1ccc2c(O)c(N=Nc3ccc4c(O)c(N=Nc5ccc(NS(=O)[O-])cc5C(=O)O)ccc4c3)ccc2c1N=Nc1ccc2c(O)c(N=Nc3cc(OCCO)c(N=Nc4cc(S(=O)(=O)O)cc5cc(S(=O)(=O)O)cc(O)c45)cc3OCCO)c(S(=O)(=O)O)cc2c1. The van der Waals surface area contributed by atoms with E-state index in [1.807, 2.05) is 0 Å². The first-order valence-electron chi connectivity index (χ1n) is 26.9. The number of aliphatic hydroxyl groups excluding tert-OH is 2. The smallest absolute Gasteiger partial charge is 0.338 e. The molecule has 0 bridgehead atoms. The molecular weight excluding hydrogens is 1330 g/mol. The molecular formula is C58H45N12O21S4-. The van der Waals surface area contributed by atoms with Crippen LogP contribution in [0.3, 0.4) is 0 Å². The van der Waals surface area contributed by atoms with Crippen molar-refractivity contribution in [2.75, 3.05) is 43.5 Å². The first-order valence-corrected chi connectivity index (χ1v) is 32.3. The van der Waals surface area contributed by atoms with Gasteiger partial charge in [-0.25, -0.2) is 4.79 Å². The Hall–Kier alpha value is -11.1. The van der Waals surface area contributed by atoms with Gasteiger partial charge in [0.1, 0.15) is 75.2 Å². The molecule has 10 aromatic rings. The van der Waals surface area contributed by atoms with Crippen LogP contribution in [-0.2, 0) is 41.6 Å². The summed E-state index contributed by atoms with van der Waals surface area (Å²) < 4.78 is 140. The van der Waals surface area contributed by atoms with Gasteiger partial charge < -0.3 is 59.8 Å². The Morgan fingerprint density at radius 3 is 1.60 bits per heavy atom. The molecule has 10 rings (SSSR count). The Bertz CT molecular complexity index is 5360. The van der Waals surface area contributed by atoms with Gasteiger partial charge in [-0.2, -0.15) is 35.5 Å². The number of fused-ring (bicyclic) bond motifs is 4. The highest BCUT2D eigenvalue weighted by molar-refractivity contribution is 7.86. The lowest BCUT2D eigenvalue weighted by Crippen LogP contribution is -2.04. The van der Waals surface area contributed by atoms with Gasteiger partial charge >= 0.3 is 5.97 Å². The Morgan fingerprint density at radius 2 is 1.00 bits per heavy atom. The lowest BCUT2D eigenvalue weighted by molar-refractivity contribution is 0.0697. The number of anilines is 2. The third kappa shape index (κ3) is 14.7. The molecule has 0 saturated carbocycles. The summed E-state index contributed by atoms with van der Waals surface area (Å²) in [6.45, 7) is -2.00. The lowest BCUT2D eigenvalue weighted by Gasteiger charge is -2.13. The number of carboxylic acid groups (broad SMARTS) is 1.